The molecule has 0 radical (unpaired) electrons. The van der Waals surface area contributed by atoms with Crippen LogP contribution in [0, 0.1) is 0 Å². The van der Waals surface area contributed by atoms with Crippen LogP contribution in [0.1, 0.15) is 6.92 Å². The largest absolute Gasteiger partial charge is 0.351 e. The first-order chi connectivity index (χ1) is 11.0. The van der Waals surface area contributed by atoms with Crippen molar-refractivity contribution in [2.45, 2.75) is 17.9 Å². The van der Waals surface area contributed by atoms with Gasteiger partial charge in [-0.2, -0.15) is 4.31 Å². The maximum atomic E-state index is 12.6. The summed E-state index contributed by atoms with van der Waals surface area (Å²) in [4.78, 5) is 14.3. The monoisotopic (exact) mass is 337 g/mol. The minimum absolute atomic E-state index is 0.0655. The molecule has 0 unspecified atom stereocenters. The Morgan fingerprint density at radius 1 is 1.26 bits per heavy atom. The van der Waals surface area contributed by atoms with Crippen molar-refractivity contribution < 1.29 is 13.2 Å². The number of benzene rings is 1. The summed E-state index contributed by atoms with van der Waals surface area (Å²) >= 11 is 0. The van der Waals surface area contributed by atoms with E-state index in [9.17, 15) is 13.2 Å². The van der Waals surface area contributed by atoms with Crippen molar-refractivity contribution in [3.8, 4) is 0 Å². The van der Waals surface area contributed by atoms with Gasteiger partial charge in [0.25, 0.3) is 0 Å². The predicted octanol–water partition coefficient (Wildman–Crippen LogP) is 0.684. The maximum Gasteiger partial charge on any atom is 0.243 e. The van der Waals surface area contributed by atoms with Gasteiger partial charge in [-0.05, 0) is 19.1 Å². The minimum Gasteiger partial charge on any atom is -0.351 e. The number of nitrogens with one attached hydrogen (secondary N) is 1. The van der Waals surface area contributed by atoms with Crippen LogP contribution in [0.15, 0.2) is 47.9 Å². The molecule has 0 spiro atoms. The smallest absolute Gasteiger partial charge is 0.243 e. The molecule has 1 atom stereocenters. The molecule has 0 aliphatic carbocycles. The lowest BCUT2D eigenvalue weighted by atomic mass is 10.2. The average molecular weight is 337 g/mol. The maximum absolute atomic E-state index is 12.6. The highest BCUT2D eigenvalue weighted by Crippen LogP contribution is 2.18. The molecular weight excluding hydrogens is 314 g/mol. The molecule has 6 nitrogen and oxygen atoms in total. The first-order valence-electron chi connectivity index (χ1n) is 7.64. The number of carbonyl (C=O) groups is 1. The third kappa shape index (κ3) is 4.19. The zero-order chi connectivity index (χ0) is 16.9. The number of sulfonamides is 1. The van der Waals surface area contributed by atoms with E-state index in [0.29, 0.717) is 37.6 Å². The minimum atomic E-state index is -3.45. The molecule has 1 aliphatic rings. The van der Waals surface area contributed by atoms with Gasteiger partial charge in [-0.3, -0.25) is 9.69 Å². The Bertz CT molecular complexity index is 638. The number of carbonyl (C=O) groups excluding carboxylic acids is 1. The van der Waals surface area contributed by atoms with Gasteiger partial charge < -0.3 is 5.32 Å². The summed E-state index contributed by atoms with van der Waals surface area (Å²) in [5, 5.41) is 2.77. The van der Waals surface area contributed by atoms with Crippen LogP contribution in [-0.4, -0.2) is 62.3 Å². The molecule has 1 aromatic carbocycles. The summed E-state index contributed by atoms with van der Waals surface area (Å²) in [6.45, 7) is 7.68. The van der Waals surface area contributed by atoms with Crippen LogP contribution >= 0.6 is 0 Å². The standard InChI is InChI=1S/C16H23N3O3S/c1-3-9-17-16(20)14(2)18-10-12-19(13-11-18)23(21,22)15-7-5-4-6-8-15/h3-8,14H,1,9-13H2,2H3,(H,17,20)/t14-/m0/s1. The molecule has 1 N–H and O–H groups in total. The quantitative estimate of drug-likeness (QED) is 0.775. The van der Waals surface area contributed by atoms with E-state index >= 15 is 0 Å². The fourth-order valence-corrected chi connectivity index (χ4v) is 4.00. The second-order valence-corrected chi connectivity index (χ2v) is 7.40. The Morgan fingerprint density at radius 2 is 1.87 bits per heavy atom. The van der Waals surface area contributed by atoms with Crippen LogP contribution in [0.3, 0.4) is 0 Å². The van der Waals surface area contributed by atoms with E-state index in [0.717, 1.165) is 0 Å². The van der Waals surface area contributed by atoms with Gasteiger partial charge in [-0.1, -0.05) is 24.3 Å². The third-order valence-electron chi connectivity index (χ3n) is 4.00. The number of amides is 1. The second kappa shape index (κ2) is 7.72. The molecule has 126 valence electrons. The molecular formula is C16H23N3O3S. The summed E-state index contributed by atoms with van der Waals surface area (Å²) in [7, 11) is -3.45. The fourth-order valence-electron chi connectivity index (χ4n) is 2.56. The zero-order valence-corrected chi connectivity index (χ0v) is 14.1. The molecule has 7 heteroatoms. The Balaban J connectivity index is 1.96. The van der Waals surface area contributed by atoms with E-state index in [1.54, 1.807) is 36.4 Å². The van der Waals surface area contributed by atoms with Crippen LogP contribution in [0.25, 0.3) is 0 Å². The van der Waals surface area contributed by atoms with Crippen molar-refractivity contribution in [1.82, 2.24) is 14.5 Å². The zero-order valence-electron chi connectivity index (χ0n) is 13.3. The van der Waals surface area contributed by atoms with Crippen molar-refractivity contribution in [3.05, 3.63) is 43.0 Å². The Morgan fingerprint density at radius 3 is 2.43 bits per heavy atom. The van der Waals surface area contributed by atoms with Gasteiger partial charge in [0.2, 0.25) is 15.9 Å². The average Bonchev–Trinajstić information content (AvgIpc) is 2.59. The van der Waals surface area contributed by atoms with E-state index in [2.05, 4.69) is 11.9 Å². The molecule has 0 bridgehead atoms. The number of hydrogen-bond acceptors (Lipinski definition) is 4. The molecule has 1 aliphatic heterocycles. The molecule has 1 aromatic rings. The van der Waals surface area contributed by atoms with Crippen molar-refractivity contribution in [2.24, 2.45) is 0 Å². The van der Waals surface area contributed by atoms with Crippen LogP contribution < -0.4 is 5.32 Å². The van der Waals surface area contributed by atoms with Gasteiger partial charge in [0.1, 0.15) is 0 Å². The lowest BCUT2D eigenvalue weighted by Gasteiger charge is -2.36. The molecule has 1 amide bonds. The second-order valence-electron chi connectivity index (χ2n) is 5.46. The normalized spacial score (nSPS) is 18.3. The summed E-state index contributed by atoms with van der Waals surface area (Å²) in [6, 6.07) is 8.15. The molecule has 1 saturated heterocycles. The van der Waals surface area contributed by atoms with Gasteiger partial charge in [-0.25, -0.2) is 8.42 Å². The number of rotatable bonds is 6. The van der Waals surface area contributed by atoms with Gasteiger partial charge in [-0.15, -0.1) is 6.58 Å². The third-order valence-corrected chi connectivity index (χ3v) is 5.91. The van der Waals surface area contributed by atoms with Crippen molar-refractivity contribution in [2.75, 3.05) is 32.7 Å². The summed E-state index contributed by atoms with van der Waals surface area (Å²) < 4.78 is 26.6. The molecule has 2 rings (SSSR count). The van der Waals surface area contributed by atoms with Gasteiger partial charge in [0, 0.05) is 32.7 Å². The van der Waals surface area contributed by atoms with E-state index in [1.807, 2.05) is 11.8 Å². The van der Waals surface area contributed by atoms with Crippen molar-refractivity contribution in [1.29, 1.82) is 0 Å². The highest BCUT2D eigenvalue weighted by molar-refractivity contribution is 7.89. The predicted molar refractivity (Wildman–Crippen MR) is 89.4 cm³/mol. The Kier molecular flexibility index (Phi) is 5.92. The van der Waals surface area contributed by atoms with E-state index in [4.69, 9.17) is 0 Å². The van der Waals surface area contributed by atoms with Crippen LogP contribution in [0.5, 0.6) is 0 Å². The highest BCUT2D eigenvalue weighted by atomic mass is 32.2. The van der Waals surface area contributed by atoms with Crippen molar-refractivity contribution in [3.63, 3.8) is 0 Å². The van der Waals surface area contributed by atoms with Gasteiger partial charge >= 0.3 is 0 Å². The topological polar surface area (TPSA) is 69.7 Å². The Labute approximate surface area is 137 Å². The molecule has 0 aromatic heterocycles. The van der Waals surface area contributed by atoms with Gasteiger partial charge in [0.15, 0.2) is 0 Å². The molecule has 0 saturated carbocycles. The van der Waals surface area contributed by atoms with Gasteiger partial charge in [0.05, 0.1) is 10.9 Å². The van der Waals surface area contributed by atoms with E-state index < -0.39 is 10.0 Å². The van der Waals surface area contributed by atoms with Crippen LogP contribution in [0.4, 0.5) is 0 Å². The highest BCUT2D eigenvalue weighted by Gasteiger charge is 2.31. The number of nitrogens with zero attached hydrogens (tertiary/aromatic N) is 2. The first-order valence-corrected chi connectivity index (χ1v) is 9.08. The molecule has 23 heavy (non-hydrogen) atoms. The molecule has 1 fully saturated rings. The SMILES string of the molecule is C=CCNC(=O)[C@H](C)N1CCN(S(=O)(=O)c2ccccc2)CC1. The van der Waals surface area contributed by atoms with E-state index in [1.165, 1.54) is 4.31 Å². The number of piperazine rings is 1. The van der Waals surface area contributed by atoms with Crippen LogP contribution in [-0.2, 0) is 14.8 Å². The molecule has 1 heterocycles. The Hall–Kier alpha value is -1.70. The fraction of sp³-hybridized carbons (Fsp3) is 0.438. The summed E-state index contributed by atoms with van der Waals surface area (Å²) in [5.41, 5.74) is 0. The number of hydrogen-bond donors (Lipinski definition) is 1. The summed E-state index contributed by atoms with van der Waals surface area (Å²) in [6.07, 6.45) is 1.63. The van der Waals surface area contributed by atoms with Crippen molar-refractivity contribution >= 4 is 15.9 Å². The first kappa shape index (κ1) is 17.7. The van der Waals surface area contributed by atoms with Crippen LogP contribution in [0.2, 0.25) is 0 Å². The summed E-state index contributed by atoms with van der Waals surface area (Å²) in [5.74, 6) is -0.0655. The van der Waals surface area contributed by atoms with E-state index in [-0.39, 0.29) is 11.9 Å². The lowest BCUT2D eigenvalue weighted by molar-refractivity contribution is -0.126. The lowest BCUT2D eigenvalue weighted by Crippen LogP contribution is -2.54.